The quantitative estimate of drug-likeness (QED) is 0.837. The van der Waals surface area contributed by atoms with Crippen LogP contribution in [0.3, 0.4) is 0 Å². The first-order chi connectivity index (χ1) is 12.7. The van der Waals surface area contributed by atoms with Crippen LogP contribution in [-0.4, -0.2) is 43.6 Å². The Hall–Kier alpha value is -2.76. The number of methoxy groups -OCH3 is 1. The fourth-order valence-electron chi connectivity index (χ4n) is 3.16. The van der Waals surface area contributed by atoms with Crippen molar-refractivity contribution in [1.82, 2.24) is 15.5 Å². The molecule has 0 atom stereocenters. The highest BCUT2D eigenvalue weighted by Crippen LogP contribution is 2.21. The van der Waals surface area contributed by atoms with Gasteiger partial charge in [0.05, 0.1) is 7.11 Å². The van der Waals surface area contributed by atoms with Crippen molar-refractivity contribution >= 4 is 22.7 Å². The number of carbonyl (C=O) groups excluding carboxylic acids is 2. The van der Waals surface area contributed by atoms with Gasteiger partial charge in [-0.25, -0.2) is 4.79 Å². The number of hydrogen-bond donors (Lipinski definition) is 2. The molecule has 1 heterocycles. The summed E-state index contributed by atoms with van der Waals surface area (Å²) in [5.74, 6) is 0.944. The van der Waals surface area contributed by atoms with Gasteiger partial charge in [-0.15, -0.1) is 0 Å². The summed E-state index contributed by atoms with van der Waals surface area (Å²) in [5, 5.41) is 7.77. The number of benzene rings is 2. The summed E-state index contributed by atoms with van der Waals surface area (Å²) in [5.41, 5.74) is 1.02. The van der Waals surface area contributed by atoms with Gasteiger partial charge in [-0.3, -0.25) is 4.79 Å². The summed E-state index contributed by atoms with van der Waals surface area (Å²) in [4.78, 5) is 25.7. The fraction of sp³-hybridized carbons (Fsp3) is 0.400. The summed E-state index contributed by atoms with van der Waals surface area (Å²) in [6, 6.07) is 11.7. The van der Waals surface area contributed by atoms with Crippen LogP contribution in [0, 0.1) is 0 Å². The number of rotatable bonds is 6. The maximum Gasteiger partial charge on any atom is 0.315 e. The third-order valence-corrected chi connectivity index (χ3v) is 4.65. The number of likely N-dealkylation sites (tertiary alicyclic amines) is 1. The van der Waals surface area contributed by atoms with Crippen LogP contribution in [-0.2, 0) is 11.3 Å². The van der Waals surface area contributed by atoms with Crippen molar-refractivity contribution in [3.63, 3.8) is 0 Å². The monoisotopic (exact) mass is 355 g/mol. The Kier molecular flexibility index (Phi) is 5.94. The minimum atomic E-state index is -0.256. The van der Waals surface area contributed by atoms with Crippen LogP contribution in [0.2, 0.25) is 0 Å². The number of nitrogens with one attached hydrogen (secondary N) is 2. The van der Waals surface area contributed by atoms with Gasteiger partial charge in [-0.05, 0) is 47.4 Å². The van der Waals surface area contributed by atoms with Crippen molar-refractivity contribution in [2.24, 2.45) is 0 Å². The lowest BCUT2D eigenvalue weighted by atomic mass is 10.1. The highest BCUT2D eigenvalue weighted by Gasteiger charge is 2.17. The Bertz CT molecular complexity index is 785. The molecule has 0 aliphatic carbocycles. The lowest BCUT2D eigenvalue weighted by molar-refractivity contribution is -0.129. The van der Waals surface area contributed by atoms with E-state index in [0.717, 1.165) is 48.0 Å². The Morgan fingerprint density at radius 1 is 1.04 bits per heavy atom. The van der Waals surface area contributed by atoms with Crippen molar-refractivity contribution in [1.29, 1.82) is 0 Å². The van der Waals surface area contributed by atoms with Crippen LogP contribution >= 0.6 is 0 Å². The van der Waals surface area contributed by atoms with Crippen molar-refractivity contribution in [3.05, 3.63) is 42.0 Å². The molecule has 0 spiro atoms. The molecule has 6 heteroatoms. The third-order valence-electron chi connectivity index (χ3n) is 4.65. The summed E-state index contributed by atoms with van der Waals surface area (Å²) in [6.07, 6.45) is 2.52. The van der Waals surface area contributed by atoms with Gasteiger partial charge in [0.1, 0.15) is 5.75 Å². The summed E-state index contributed by atoms with van der Waals surface area (Å²) in [6.45, 7) is 2.49. The molecular formula is C20H25N3O3. The summed E-state index contributed by atoms with van der Waals surface area (Å²) in [7, 11) is 1.65. The molecule has 0 unspecified atom stereocenters. The van der Waals surface area contributed by atoms with Gasteiger partial charge in [0.2, 0.25) is 5.91 Å². The molecular weight excluding hydrogens is 330 g/mol. The standard InChI is InChI=1S/C20H25N3O3/c1-26-18-7-6-16-12-15(4-5-17(16)13-18)14-22-20(25)21-9-8-19(24)23-10-2-3-11-23/h4-7,12-13H,2-3,8-11,14H2,1H3,(H2,21,22,25). The lowest BCUT2D eigenvalue weighted by Crippen LogP contribution is -2.38. The number of fused-ring (bicyclic) bond motifs is 1. The van der Waals surface area contributed by atoms with Crippen molar-refractivity contribution in [3.8, 4) is 5.75 Å². The van der Waals surface area contributed by atoms with E-state index in [0.29, 0.717) is 19.5 Å². The molecule has 1 aliphatic rings. The van der Waals surface area contributed by atoms with Gasteiger partial charge in [0.15, 0.2) is 0 Å². The van der Waals surface area contributed by atoms with E-state index in [1.165, 1.54) is 0 Å². The zero-order valence-corrected chi connectivity index (χ0v) is 15.1. The molecule has 2 aromatic rings. The van der Waals surface area contributed by atoms with Crippen LogP contribution in [0.1, 0.15) is 24.8 Å². The van der Waals surface area contributed by atoms with Crippen molar-refractivity contribution < 1.29 is 14.3 Å². The van der Waals surface area contributed by atoms with E-state index in [1.807, 2.05) is 41.3 Å². The highest BCUT2D eigenvalue weighted by atomic mass is 16.5. The molecule has 0 bridgehead atoms. The number of nitrogens with zero attached hydrogens (tertiary/aromatic N) is 1. The number of urea groups is 1. The lowest BCUT2D eigenvalue weighted by Gasteiger charge is -2.15. The van der Waals surface area contributed by atoms with Crippen LogP contribution in [0.25, 0.3) is 10.8 Å². The third kappa shape index (κ3) is 4.65. The largest absolute Gasteiger partial charge is 0.497 e. The molecule has 2 aromatic carbocycles. The normalized spacial score (nSPS) is 13.7. The predicted molar refractivity (Wildman–Crippen MR) is 101 cm³/mol. The van der Waals surface area contributed by atoms with E-state index in [9.17, 15) is 9.59 Å². The molecule has 2 N–H and O–H groups in total. The van der Waals surface area contributed by atoms with E-state index in [-0.39, 0.29) is 11.9 Å². The molecule has 1 aliphatic heterocycles. The average Bonchev–Trinajstić information content (AvgIpc) is 3.20. The van der Waals surface area contributed by atoms with Gasteiger partial charge in [-0.1, -0.05) is 18.2 Å². The van der Waals surface area contributed by atoms with Gasteiger partial charge in [-0.2, -0.15) is 0 Å². The van der Waals surface area contributed by atoms with Crippen molar-refractivity contribution in [2.45, 2.75) is 25.8 Å². The smallest absolute Gasteiger partial charge is 0.315 e. The first-order valence-electron chi connectivity index (χ1n) is 9.02. The van der Waals surface area contributed by atoms with Crippen LogP contribution < -0.4 is 15.4 Å². The molecule has 138 valence electrons. The molecule has 0 radical (unpaired) electrons. The minimum absolute atomic E-state index is 0.118. The van der Waals surface area contributed by atoms with Gasteiger partial charge in [0.25, 0.3) is 0 Å². The van der Waals surface area contributed by atoms with E-state index in [2.05, 4.69) is 10.6 Å². The summed E-state index contributed by atoms with van der Waals surface area (Å²) < 4.78 is 5.23. The Balaban J connectivity index is 1.43. The molecule has 1 saturated heterocycles. The molecule has 3 amide bonds. The van der Waals surface area contributed by atoms with E-state index in [4.69, 9.17) is 4.74 Å². The fourth-order valence-corrected chi connectivity index (χ4v) is 3.16. The Morgan fingerprint density at radius 2 is 1.77 bits per heavy atom. The second-order valence-corrected chi connectivity index (χ2v) is 6.49. The number of carbonyl (C=O) groups is 2. The maximum atomic E-state index is 11.9. The molecule has 1 fully saturated rings. The predicted octanol–water partition coefficient (Wildman–Crippen LogP) is 2.66. The second kappa shape index (κ2) is 8.56. The Morgan fingerprint density at radius 3 is 2.54 bits per heavy atom. The summed E-state index contributed by atoms with van der Waals surface area (Å²) >= 11 is 0. The van der Waals surface area contributed by atoms with Crippen LogP contribution in [0.5, 0.6) is 5.75 Å². The van der Waals surface area contributed by atoms with Gasteiger partial charge in [0, 0.05) is 32.6 Å². The van der Waals surface area contributed by atoms with E-state index in [1.54, 1.807) is 7.11 Å². The maximum absolute atomic E-state index is 11.9. The zero-order valence-electron chi connectivity index (χ0n) is 15.1. The van der Waals surface area contributed by atoms with E-state index < -0.39 is 0 Å². The number of amides is 3. The number of hydrogen-bond acceptors (Lipinski definition) is 3. The van der Waals surface area contributed by atoms with Crippen LogP contribution in [0.4, 0.5) is 4.79 Å². The molecule has 3 rings (SSSR count). The molecule has 26 heavy (non-hydrogen) atoms. The first kappa shape index (κ1) is 18.0. The molecule has 6 nitrogen and oxygen atoms in total. The van der Waals surface area contributed by atoms with Crippen LogP contribution in [0.15, 0.2) is 36.4 Å². The zero-order chi connectivity index (χ0) is 18.4. The second-order valence-electron chi connectivity index (χ2n) is 6.49. The van der Waals surface area contributed by atoms with Gasteiger partial charge >= 0.3 is 6.03 Å². The van der Waals surface area contributed by atoms with Crippen molar-refractivity contribution in [2.75, 3.05) is 26.7 Å². The SMILES string of the molecule is COc1ccc2cc(CNC(=O)NCCC(=O)N3CCCC3)ccc2c1. The average molecular weight is 355 g/mol. The highest BCUT2D eigenvalue weighted by molar-refractivity contribution is 5.84. The van der Waals surface area contributed by atoms with Gasteiger partial charge < -0.3 is 20.3 Å². The molecule has 0 saturated carbocycles. The Labute approximate surface area is 153 Å². The molecule has 0 aromatic heterocycles. The van der Waals surface area contributed by atoms with E-state index >= 15 is 0 Å². The minimum Gasteiger partial charge on any atom is -0.497 e. The topological polar surface area (TPSA) is 70.7 Å². The number of ether oxygens (including phenoxy) is 1. The first-order valence-corrected chi connectivity index (χ1v) is 9.02.